The molecular formula is C37H38F3N7O4. The highest BCUT2D eigenvalue weighted by molar-refractivity contribution is 5.93. The van der Waals surface area contributed by atoms with E-state index in [2.05, 4.69) is 57.2 Å². The molecule has 1 fully saturated rings. The second-order valence-corrected chi connectivity index (χ2v) is 11.8. The van der Waals surface area contributed by atoms with E-state index in [1.54, 1.807) is 41.9 Å². The molecule has 6 rings (SSSR count). The molecule has 14 heteroatoms. The Bertz CT molecular complexity index is 2010. The number of halogens is 3. The fraction of sp³-hybridized carbons (Fsp3) is 0.216. The van der Waals surface area contributed by atoms with E-state index in [0.29, 0.717) is 23.6 Å². The summed E-state index contributed by atoms with van der Waals surface area (Å²) in [6.07, 6.45) is 9.56. The average Bonchev–Trinajstić information content (AvgIpc) is 3.59. The molecule has 0 saturated carbocycles. The Morgan fingerprint density at radius 2 is 1.65 bits per heavy atom. The molecule has 0 aliphatic carbocycles. The molecule has 2 aromatic carbocycles. The van der Waals surface area contributed by atoms with E-state index in [1.165, 1.54) is 22.9 Å². The number of imidazole rings is 1. The Morgan fingerprint density at radius 3 is 2.31 bits per heavy atom. The topological polar surface area (TPSA) is 126 Å². The van der Waals surface area contributed by atoms with Crippen LogP contribution in [0.4, 0.5) is 24.5 Å². The zero-order chi connectivity index (χ0) is 36.7. The number of pyridine rings is 1. The fourth-order valence-electron chi connectivity index (χ4n) is 5.76. The Hall–Kier alpha value is -6.02. The van der Waals surface area contributed by atoms with Gasteiger partial charge in [-0.15, -0.1) is 0 Å². The maximum Gasteiger partial charge on any atom is 0.355 e. The molecular weight excluding hydrogens is 663 g/mol. The number of hydrogen-bond donors (Lipinski definition) is 4. The summed E-state index contributed by atoms with van der Waals surface area (Å²) < 4.78 is 41.0. The van der Waals surface area contributed by atoms with Gasteiger partial charge < -0.3 is 35.5 Å². The third-order valence-electron chi connectivity index (χ3n) is 8.35. The normalized spacial score (nSPS) is 15.0. The van der Waals surface area contributed by atoms with Crippen LogP contribution in [0.3, 0.4) is 0 Å². The quantitative estimate of drug-likeness (QED) is 0.151. The van der Waals surface area contributed by atoms with Gasteiger partial charge in [0.1, 0.15) is 5.65 Å². The van der Waals surface area contributed by atoms with Crippen molar-refractivity contribution in [3.05, 3.63) is 143 Å². The van der Waals surface area contributed by atoms with Crippen molar-refractivity contribution >= 4 is 29.0 Å². The molecule has 11 nitrogen and oxygen atoms in total. The van der Waals surface area contributed by atoms with Crippen LogP contribution in [0, 0.1) is 17.5 Å². The number of carboxylic acids is 2. The van der Waals surface area contributed by atoms with Gasteiger partial charge in [0.15, 0.2) is 28.8 Å². The Morgan fingerprint density at radius 1 is 0.941 bits per heavy atom. The number of aromatic nitrogens is 2. The van der Waals surface area contributed by atoms with E-state index in [1.807, 2.05) is 12.1 Å². The van der Waals surface area contributed by atoms with Gasteiger partial charge >= 0.3 is 11.9 Å². The summed E-state index contributed by atoms with van der Waals surface area (Å²) in [6, 6.07) is 13.6. The van der Waals surface area contributed by atoms with Gasteiger partial charge in [0.2, 0.25) is 0 Å². The lowest BCUT2D eigenvalue weighted by Gasteiger charge is -2.35. The van der Waals surface area contributed by atoms with Gasteiger partial charge in [-0.05, 0) is 67.6 Å². The summed E-state index contributed by atoms with van der Waals surface area (Å²) >= 11 is 0. The van der Waals surface area contributed by atoms with Crippen molar-refractivity contribution in [2.75, 3.05) is 43.4 Å². The van der Waals surface area contributed by atoms with Gasteiger partial charge in [-0.1, -0.05) is 30.9 Å². The van der Waals surface area contributed by atoms with Gasteiger partial charge in [0.05, 0.1) is 11.4 Å². The van der Waals surface area contributed by atoms with Crippen molar-refractivity contribution in [1.29, 1.82) is 0 Å². The number of rotatable bonds is 10. The van der Waals surface area contributed by atoms with Crippen molar-refractivity contribution < 1.29 is 33.0 Å². The molecule has 2 aliphatic heterocycles. The summed E-state index contributed by atoms with van der Waals surface area (Å²) in [7, 11) is 2.14. The van der Waals surface area contributed by atoms with E-state index in [0.717, 1.165) is 43.9 Å². The van der Waals surface area contributed by atoms with E-state index >= 15 is 0 Å². The highest BCUT2D eigenvalue weighted by Gasteiger charge is 2.24. The number of benzene rings is 2. The van der Waals surface area contributed by atoms with Crippen molar-refractivity contribution in [3.8, 4) is 0 Å². The zero-order valence-electron chi connectivity index (χ0n) is 28.1. The number of nitrogens with one attached hydrogen (secondary N) is 2. The summed E-state index contributed by atoms with van der Waals surface area (Å²) in [6.45, 7) is 10.0. The minimum absolute atomic E-state index is 0.0799. The van der Waals surface area contributed by atoms with E-state index in [-0.39, 0.29) is 29.2 Å². The second kappa shape index (κ2) is 16.1. The number of piperazine rings is 1. The van der Waals surface area contributed by atoms with Crippen LogP contribution >= 0.6 is 0 Å². The summed E-state index contributed by atoms with van der Waals surface area (Å²) in [5.41, 5.74) is 4.51. The van der Waals surface area contributed by atoms with Crippen molar-refractivity contribution in [1.82, 2.24) is 24.5 Å². The number of carboxylic acid groups (broad SMARTS) is 2. The number of aliphatic carboxylic acids is 1. The Kier molecular flexibility index (Phi) is 11.5. The standard InChI is InChI=1S/C20H23N5O2.C17H15F3N2O2/c1-23-10-12-24(13-11-23)17-5-3-2-4-15(17)14-22-16-6-7-18-21-8-9-25(18)19(16)20(26)27;1-3-6-22-10(2)4-5-14(16(22)17(23)24)21-9-11-7-12(18)15(20)13(19)8-11/h2-9,22H,10-14H2,1H3,(H,26,27);3-8,21H,2,9H2,1H3,(H,23,24)/b;6-3-. The SMILES string of the molecule is C=C1C=CC(NCc2cc(F)c(F)c(F)c2)=C(C(=O)O)N1/C=C\C.CN1CCN(c2ccccc2CNc2ccc3nccn3c2C(=O)O)CC1. The first kappa shape index (κ1) is 36.3. The van der Waals surface area contributed by atoms with Gasteiger partial charge in [0.25, 0.3) is 0 Å². The third kappa shape index (κ3) is 8.41. The lowest BCUT2D eigenvalue weighted by atomic mass is 10.1. The van der Waals surface area contributed by atoms with E-state index < -0.39 is 29.4 Å². The van der Waals surface area contributed by atoms with Gasteiger partial charge in [-0.25, -0.2) is 27.7 Å². The van der Waals surface area contributed by atoms with Crippen molar-refractivity contribution in [2.24, 2.45) is 0 Å². The Labute approximate surface area is 292 Å². The number of allylic oxidation sites excluding steroid dienone is 3. The van der Waals surface area contributed by atoms with Crippen LogP contribution in [0.2, 0.25) is 0 Å². The minimum Gasteiger partial charge on any atom is -0.476 e. The van der Waals surface area contributed by atoms with Crippen LogP contribution < -0.4 is 15.5 Å². The molecule has 2 aromatic heterocycles. The van der Waals surface area contributed by atoms with Gasteiger partial charge in [0, 0.05) is 69.2 Å². The average molecular weight is 702 g/mol. The molecule has 266 valence electrons. The predicted octanol–water partition coefficient (Wildman–Crippen LogP) is 5.81. The molecule has 0 bridgehead atoms. The third-order valence-corrected chi connectivity index (χ3v) is 8.35. The van der Waals surface area contributed by atoms with Gasteiger partial charge in [-0.2, -0.15) is 0 Å². The molecule has 4 aromatic rings. The maximum absolute atomic E-state index is 13.2. The monoisotopic (exact) mass is 701 g/mol. The van der Waals surface area contributed by atoms with Gasteiger partial charge in [-0.3, -0.25) is 4.40 Å². The van der Waals surface area contributed by atoms with Crippen LogP contribution in [0.1, 0.15) is 28.5 Å². The van der Waals surface area contributed by atoms with E-state index in [4.69, 9.17) is 0 Å². The number of para-hydroxylation sites is 1. The molecule has 0 atom stereocenters. The number of anilines is 2. The smallest absolute Gasteiger partial charge is 0.355 e. The molecule has 4 heterocycles. The van der Waals surface area contributed by atoms with Crippen molar-refractivity contribution in [2.45, 2.75) is 20.0 Å². The lowest BCUT2D eigenvalue weighted by Crippen LogP contribution is -2.44. The first-order valence-corrected chi connectivity index (χ1v) is 16.1. The molecule has 4 N–H and O–H groups in total. The zero-order valence-corrected chi connectivity index (χ0v) is 28.1. The molecule has 1 saturated heterocycles. The largest absolute Gasteiger partial charge is 0.476 e. The van der Waals surface area contributed by atoms with Crippen LogP contribution in [-0.2, 0) is 17.9 Å². The number of aromatic carboxylic acids is 1. The van der Waals surface area contributed by atoms with Crippen LogP contribution in [0.5, 0.6) is 0 Å². The van der Waals surface area contributed by atoms with Crippen LogP contribution in [0.25, 0.3) is 5.65 Å². The number of hydrogen-bond acceptors (Lipinski definition) is 8. The minimum atomic E-state index is -1.54. The lowest BCUT2D eigenvalue weighted by molar-refractivity contribution is -0.134. The highest BCUT2D eigenvalue weighted by Crippen LogP contribution is 2.26. The molecule has 2 aliphatic rings. The summed E-state index contributed by atoms with van der Waals surface area (Å²) in [5.74, 6) is -6.33. The predicted molar refractivity (Wildman–Crippen MR) is 188 cm³/mol. The Balaban J connectivity index is 0.000000199. The number of fused-ring (bicyclic) bond motifs is 1. The first-order chi connectivity index (χ1) is 24.5. The molecule has 0 spiro atoms. The molecule has 0 amide bonds. The maximum atomic E-state index is 13.2. The number of likely N-dealkylation sites (N-methyl/N-ethyl adjacent to an activating group) is 1. The molecule has 0 radical (unpaired) electrons. The highest BCUT2D eigenvalue weighted by atomic mass is 19.2. The molecule has 0 unspecified atom stereocenters. The fourth-order valence-corrected chi connectivity index (χ4v) is 5.76. The van der Waals surface area contributed by atoms with Crippen molar-refractivity contribution in [3.63, 3.8) is 0 Å². The van der Waals surface area contributed by atoms with Crippen LogP contribution in [0.15, 0.2) is 109 Å². The number of carbonyl (C=O) groups is 2. The van der Waals surface area contributed by atoms with Crippen LogP contribution in [-0.4, -0.2) is 74.6 Å². The summed E-state index contributed by atoms with van der Waals surface area (Å²) in [4.78, 5) is 33.6. The number of nitrogens with zero attached hydrogens (tertiary/aromatic N) is 5. The first-order valence-electron chi connectivity index (χ1n) is 16.1. The second-order valence-electron chi connectivity index (χ2n) is 11.8. The molecule has 51 heavy (non-hydrogen) atoms. The summed E-state index contributed by atoms with van der Waals surface area (Å²) in [5, 5.41) is 25.2. The van der Waals surface area contributed by atoms with E-state index in [9.17, 15) is 33.0 Å².